The van der Waals surface area contributed by atoms with Crippen LogP contribution in [0.15, 0.2) is 18.2 Å². The van der Waals surface area contributed by atoms with E-state index < -0.39 is 47.8 Å². The highest BCUT2D eigenvalue weighted by Crippen LogP contribution is 2.66. The molecule has 21 heteroatoms. The lowest BCUT2D eigenvalue weighted by Gasteiger charge is -2.15. The summed E-state index contributed by atoms with van der Waals surface area (Å²) in [7, 11) is -16.3. The fraction of sp³-hybridized carbons (Fsp3) is 0.400. The molecular weight excluding hydrogens is 489 g/mol. The van der Waals surface area contributed by atoms with Gasteiger partial charge in [-0.1, -0.05) is 5.21 Å². The van der Waals surface area contributed by atoms with Gasteiger partial charge in [-0.25, -0.2) is 23.4 Å². The first-order chi connectivity index (χ1) is 14.2. The van der Waals surface area contributed by atoms with Gasteiger partial charge in [0.2, 0.25) is 0 Å². The summed E-state index contributed by atoms with van der Waals surface area (Å²) in [5.74, 6) is 0.284. The second-order valence-corrected chi connectivity index (χ2v) is 10.6. The van der Waals surface area contributed by atoms with Gasteiger partial charge < -0.3 is 40.3 Å². The van der Waals surface area contributed by atoms with E-state index in [4.69, 9.17) is 25.2 Å². The van der Waals surface area contributed by atoms with Gasteiger partial charge in [-0.3, -0.25) is 4.57 Å². The van der Waals surface area contributed by atoms with Crippen molar-refractivity contribution in [3.05, 3.63) is 18.2 Å². The fourth-order valence-corrected chi connectivity index (χ4v) is 5.77. The predicted octanol–water partition coefficient (Wildman–Crippen LogP) is -1.65. The summed E-state index contributed by atoms with van der Waals surface area (Å²) >= 11 is 0. The lowest BCUT2D eigenvalue weighted by atomic mass is 10.1. The van der Waals surface area contributed by atoms with E-state index in [0.29, 0.717) is 11.9 Å². The second-order valence-electron chi connectivity index (χ2n) is 5.97. The number of fused-ring (bicyclic) bond motifs is 1. The van der Waals surface area contributed by atoms with Crippen LogP contribution < -0.4 is 5.73 Å². The Hall–Kier alpha value is -1.65. The summed E-state index contributed by atoms with van der Waals surface area (Å²) in [5, 5.41) is 27.8. The van der Waals surface area contributed by atoms with Crippen LogP contribution in [-0.2, 0) is 27.1 Å². The molecule has 1 fully saturated rings. The molecule has 1 saturated heterocycles. The van der Waals surface area contributed by atoms with E-state index >= 15 is 0 Å². The Labute approximate surface area is 171 Å². The van der Waals surface area contributed by atoms with Crippen LogP contribution in [0.5, 0.6) is 0 Å². The van der Waals surface area contributed by atoms with Gasteiger partial charge in [0.05, 0.1) is 0 Å². The van der Waals surface area contributed by atoms with Crippen LogP contribution in [0.4, 0.5) is 5.82 Å². The van der Waals surface area contributed by atoms with E-state index in [0.717, 1.165) is 11.0 Å². The number of rotatable bonds is 7. The van der Waals surface area contributed by atoms with Crippen molar-refractivity contribution in [2.24, 2.45) is 0 Å². The van der Waals surface area contributed by atoms with E-state index in [1.54, 1.807) is 0 Å². The molecule has 0 radical (unpaired) electrons. The Morgan fingerprint density at radius 3 is 2.42 bits per heavy atom. The normalized spacial score (nSPS) is 28.7. The van der Waals surface area contributed by atoms with E-state index in [-0.39, 0.29) is 17.0 Å². The standard InChI is InChI=1S/C10H15N6O12P3/c11-8-5-9(13-3-12-8)16(15-14-5)10-7(18)6(17)4(26-10)1-2-29(19,20)27-31(24,25)28-30(21,22)23/h1-4,6-7,10,17-18H,(H,19,20)(H,24,25)(H2,11,12,13)(H2,21,22,23)/b2-1+/t4-,6-,7-,10-/m1/s1. The zero-order chi connectivity index (χ0) is 23.2. The monoisotopic (exact) mass is 504 g/mol. The molecule has 0 saturated carbocycles. The number of nitrogen functional groups attached to an aromatic ring is 1. The Balaban J connectivity index is 1.77. The molecule has 0 bridgehead atoms. The van der Waals surface area contributed by atoms with Crippen molar-refractivity contribution < 1.29 is 56.8 Å². The molecule has 3 heterocycles. The van der Waals surface area contributed by atoms with Crippen molar-refractivity contribution in [2.45, 2.75) is 24.5 Å². The van der Waals surface area contributed by atoms with Crippen LogP contribution >= 0.6 is 23.2 Å². The van der Waals surface area contributed by atoms with Gasteiger partial charge in [-0.05, 0) is 6.08 Å². The number of nitrogens with two attached hydrogens (primary N) is 1. The van der Waals surface area contributed by atoms with Gasteiger partial charge >= 0.3 is 23.2 Å². The molecule has 8 N–H and O–H groups in total. The lowest BCUT2D eigenvalue weighted by Crippen LogP contribution is -2.31. The molecular formula is C10H15N6O12P3. The highest BCUT2D eigenvalue weighted by Gasteiger charge is 2.45. The number of anilines is 1. The molecule has 3 rings (SSSR count). The first-order valence-corrected chi connectivity index (χ1v) is 12.5. The summed E-state index contributed by atoms with van der Waals surface area (Å²) in [5.41, 5.74) is 5.78. The molecule has 2 aromatic heterocycles. The minimum absolute atomic E-state index is 0.00921. The number of nitrogens with zero attached hydrogens (tertiary/aromatic N) is 5. The number of aromatic nitrogens is 5. The number of ether oxygens (including phenoxy) is 1. The van der Waals surface area contributed by atoms with Crippen molar-refractivity contribution in [3.8, 4) is 0 Å². The molecule has 31 heavy (non-hydrogen) atoms. The Morgan fingerprint density at radius 1 is 1.10 bits per heavy atom. The number of hydrogen-bond donors (Lipinski definition) is 7. The molecule has 1 aliphatic heterocycles. The zero-order valence-electron chi connectivity index (χ0n) is 14.8. The van der Waals surface area contributed by atoms with Gasteiger partial charge in [0.25, 0.3) is 0 Å². The van der Waals surface area contributed by atoms with E-state index in [1.165, 1.54) is 0 Å². The average molecular weight is 504 g/mol. The average Bonchev–Trinajstić information content (AvgIpc) is 3.13. The third kappa shape index (κ3) is 5.59. The maximum Gasteiger partial charge on any atom is 0.488 e. The van der Waals surface area contributed by atoms with Crippen molar-refractivity contribution >= 4 is 40.2 Å². The molecule has 1 aliphatic rings. The number of aliphatic hydroxyl groups excluding tert-OH is 2. The molecule has 18 nitrogen and oxygen atoms in total. The van der Waals surface area contributed by atoms with E-state index in [9.17, 15) is 28.8 Å². The number of aliphatic hydroxyl groups is 2. The van der Waals surface area contributed by atoms with Crippen LogP contribution in [0.2, 0.25) is 0 Å². The summed E-state index contributed by atoms with van der Waals surface area (Å²) in [6.45, 7) is 0. The Bertz CT molecular complexity index is 1150. The summed E-state index contributed by atoms with van der Waals surface area (Å²) in [6.07, 6.45) is -4.31. The molecule has 0 spiro atoms. The number of hydrogen-bond acceptors (Lipinski definition) is 13. The van der Waals surface area contributed by atoms with Gasteiger partial charge in [-0.15, -0.1) is 5.10 Å². The molecule has 172 valence electrons. The summed E-state index contributed by atoms with van der Waals surface area (Å²) in [6, 6.07) is 0. The quantitative estimate of drug-likeness (QED) is 0.208. The van der Waals surface area contributed by atoms with Crippen LogP contribution in [0, 0.1) is 0 Å². The fourth-order valence-electron chi connectivity index (χ4n) is 2.52. The van der Waals surface area contributed by atoms with Crippen molar-refractivity contribution in [3.63, 3.8) is 0 Å². The maximum absolute atomic E-state index is 11.9. The third-order valence-corrected chi connectivity index (χ3v) is 7.69. The van der Waals surface area contributed by atoms with E-state index in [1.807, 2.05) is 0 Å². The van der Waals surface area contributed by atoms with E-state index in [2.05, 4.69) is 28.9 Å². The molecule has 6 atom stereocenters. The van der Waals surface area contributed by atoms with Crippen molar-refractivity contribution in [1.29, 1.82) is 0 Å². The third-order valence-electron chi connectivity index (χ3n) is 3.70. The van der Waals surface area contributed by atoms with Crippen LogP contribution in [-0.4, -0.2) is 73.1 Å². The van der Waals surface area contributed by atoms with Gasteiger partial charge in [0, 0.05) is 5.82 Å². The molecule has 2 aromatic rings. The highest BCUT2D eigenvalue weighted by molar-refractivity contribution is 7.69. The first-order valence-electron chi connectivity index (χ1n) is 7.85. The largest absolute Gasteiger partial charge is 0.488 e. The molecule has 2 unspecified atom stereocenters. The summed E-state index contributed by atoms with van der Waals surface area (Å²) in [4.78, 5) is 43.4. The second kappa shape index (κ2) is 8.37. The smallest absolute Gasteiger partial charge is 0.387 e. The molecule has 0 aromatic carbocycles. The van der Waals surface area contributed by atoms with Crippen LogP contribution in [0.25, 0.3) is 11.2 Å². The maximum atomic E-state index is 11.9. The zero-order valence-corrected chi connectivity index (χ0v) is 17.5. The summed E-state index contributed by atoms with van der Waals surface area (Å²) < 4.78 is 47.6. The topological polar surface area (TPSA) is 283 Å². The lowest BCUT2D eigenvalue weighted by molar-refractivity contribution is -0.0329. The highest BCUT2D eigenvalue weighted by atomic mass is 31.3. The number of phosphoric acid groups is 2. The SMILES string of the molecule is Nc1ncnc2c1nnn2[C@@H]1O[C@H](/C=C/P(=O)(O)OP(=O)(O)OP(=O)(O)O)[C@@H](O)[C@H]1O. The Morgan fingerprint density at radius 2 is 1.77 bits per heavy atom. The van der Waals surface area contributed by atoms with Crippen LogP contribution in [0.1, 0.15) is 6.23 Å². The molecule has 0 amide bonds. The van der Waals surface area contributed by atoms with Gasteiger partial charge in [-0.2, -0.15) is 8.99 Å². The van der Waals surface area contributed by atoms with Gasteiger partial charge in [0.15, 0.2) is 23.2 Å². The minimum Gasteiger partial charge on any atom is -0.387 e. The predicted molar refractivity (Wildman–Crippen MR) is 96.5 cm³/mol. The first kappa shape index (κ1) is 24.0. The van der Waals surface area contributed by atoms with Crippen molar-refractivity contribution in [1.82, 2.24) is 25.0 Å². The van der Waals surface area contributed by atoms with Crippen LogP contribution in [0.3, 0.4) is 0 Å². The van der Waals surface area contributed by atoms with Gasteiger partial charge in [0.1, 0.15) is 24.6 Å². The van der Waals surface area contributed by atoms with Crippen molar-refractivity contribution in [2.75, 3.05) is 5.73 Å². The minimum atomic E-state index is -5.64. The molecule has 0 aliphatic carbocycles. The Kier molecular flexibility index (Phi) is 6.48.